The molecule has 0 bridgehead atoms. The van der Waals surface area contributed by atoms with Gasteiger partial charge in [0.15, 0.2) is 5.56 Å². The van der Waals surface area contributed by atoms with E-state index in [1.54, 1.807) is 11.0 Å². The van der Waals surface area contributed by atoms with Gasteiger partial charge < -0.3 is 5.11 Å². The van der Waals surface area contributed by atoms with Crippen LogP contribution in [0.15, 0.2) is 67.0 Å². The number of anilines is 3. The zero-order chi connectivity index (χ0) is 16.2. The minimum atomic E-state index is -0.819. The summed E-state index contributed by atoms with van der Waals surface area (Å²) >= 11 is 6.32. The molecule has 0 saturated heterocycles. The Bertz CT molecular complexity index is 823. The summed E-state index contributed by atoms with van der Waals surface area (Å²) in [5.74, 6) is -0.449. The third kappa shape index (κ3) is 3.14. The minimum absolute atomic E-state index is 0.140. The molecule has 0 radical (unpaired) electrons. The number of hydrogen-bond acceptors (Lipinski definition) is 4. The van der Waals surface area contributed by atoms with E-state index in [0.717, 1.165) is 11.4 Å². The van der Waals surface area contributed by atoms with Crippen molar-refractivity contribution in [3.8, 4) is 0 Å². The first-order valence-electron chi connectivity index (χ1n) is 6.84. The van der Waals surface area contributed by atoms with Crippen LogP contribution in [0.2, 0.25) is 5.02 Å². The fourth-order valence-corrected chi connectivity index (χ4v) is 2.35. The van der Waals surface area contributed by atoms with Gasteiger partial charge in [0, 0.05) is 10.5 Å². The molecule has 6 heteroatoms. The van der Waals surface area contributed by atoms with Crippen molar-refractivity contribution in [2.24, 2.45) is 0 Å². The maximum atomic E-state index is 11.1. The van der Waals surface area contributed by atoms with Crippen LogP contribution in [0.25, 0.3) is 0 Å². The molecule has 0 atom stereocenters. The van der Waals surface area contributed by atoms with Crippen LogP contribution in [0.3, 0.4) is 0 Å². The first-order valence-corrected chi connectivity index (χ1v) is 7.22. The summed E-state index contributed by atoms with van der Waals surface area (Å²) in [6.07, 6.45) is 2.68. The number of hydrogen-bond donors (Lipinski definition) is 0. The van der Waals surface area contributed by atoms with Crippen LogP contribution in [0.5, 0.6) is 0 Å². The summed E-state index contributed by atoms with van der Waals surface area (Å²) in [7, 11) is 0. The van der Waals surface area contributed by atoms with Gasteiger partial charge >= 0.3 is 5.97 Å². The highest BCUT2D eigenvalue weighted by atomic mass is 35.5. The van der Waals surface area contributed by atoms with Crippen molar-refractivity contribution in [1.82, 2.24) is 9.97 Å². The molecule has 0 aliphatic heterocycles. The van der Waals surface area contributed by atoms with E-state index in [2.05, 4.69) is 9.97 Å². The molecule has 2 N–H and O–H groups in total. The average Bonchev–Trinajstić information content (AvgIpc) is 2.58. The molecule has 0 spiro atoms. The van der Waals surface area contributed by atoms with Gasteiger partial charge in [0.1, 0.15) is 0 Å². The Kier molecular flexibility index (Phi) is 4.21. The number of halogens is 1. The predicted molar refractivity (Wildman–Crippen MR) is 89.7 cm³/mol. The van der Waals surface area contributed by atoms with E-state index in [4.69, 9.17) is 16.7 Å². The second kappa shape index (κ2) is 6.46. The molecule has 1 aromatic heterocycles. The van der Waals surface area contributed by atoms with Crippen molar-refractivity contribution in [3.05, 3.63) is 77.6 Å². The van der Waals surface area contributed by atoms with Crippen LogP contribution in [-0.2, 0) is 0 Å². The molecule has 0 fully saturated rings. The second-order valence-corrected chi connectivity index (χ2v) is 5.13. The van der Waals surface area contributed by atoms with E-state index in [0.29, 0.717) is 11.0 Å². The number of carbonyl (C=O) groups excluding carboxylic acids is 1. The zero-order valence-corrected chi connectivity index (χ0v) is 12.7. The lowest BCUT2D eigenvalue weighted by molar-refractivity contribution is 0.0696. The monoisotopic (exact) mass is 326 g/mol. The molecule has 3 rings (SSSR count). The highest BCUT2D eigenvalue weighted by Crippen LogP contribution is 2.36. The van der Waals surface area contributed by atoms with E-state index in [9.17, 15) is 4.79 Å². The fourth-order valence-electron chi connectivity index (χ4n) is 2.13. The molecule has 23 heavy (non-hydrogen) atoms. The van der Waals surface area contributed by atoms with Crippen molar-refractivity contribution in [1.29, 1.82) is 0 Å². The summed E-state index contributed by atoms with van der Waals surface area (Å²) in [4.78, 5) is 21.3. The lowest BCUT2D eigenvalue weighted by Crippen LogP contribution is -2.14. The standard InChI is InChI=1S/C17H12ClN3O2/c18-14-8-4-5-9-15(14)21(13-6-2-1-3-7-13)17-19-10-12(11-20-17)16(22)23/h1-11H,(H,22,23)/p+1. The number of carbonyl (C=O) groups is 1. The highest BCUT2D eigenvalue weighted by Gasteiger charge is 2.19. The first-order chi connectivity index (χ1) is 11.2. The fraction of sp³-hybridized carbons (Fsp3) is 0. The Morgan fingerprint density at radius 1 is 0.957 bits per heavy atom. The first kappa shape index (κ1) is 15.0. The third-order valence-electron chi connectivity index (χ3n) is 3.21. The van der Waals surface area contributed by atoms with Gasteiger partial charge in [0.25, 0.3) is 0 Å². The van der Waals surface area contributed by atoms with Gasteiger partial charge in [-0.1, -0.05) is 41.9 Å². The molecule has 3 aromatic rings. The number of aromatic nitrogens is 2. The van der Waals surface area contributed by atoms with Crippen molar-refractivity contribution in [2.75, 3.05) is 4.90 Å². The molecule has 0 unspecified atom stereocenters. The molecule has 0 aliphatic rings. The summed E-state index contributed by atoms with van der Waals surface area (Å²) in [6, 6.07) is 16.9. The molecular weight excluding hydrogens is 314 g/mol. The van der Waals surface area contributed by atoms with Gasteiger partial charge in [0.2, 0.25) is 5.95 Å². The molecule has 1 heterocycles. The topological polar surface area (TPSA) is 69.0 Å². The quantitative estimate of drug-likeness (QED) is 0.688. The van der Waals surface area contributed by atoms with Gasteiger partial charge in [-0.25, -0.2) is 9.97 Å². The SMILES string of the molecule is O=C([OH2+])c1cnc(N(c2ccccc2)c2ccccc2Cl)nc1. The van der Waals surface area contributed by atoms with Crippen LogP contribution in [0.1, 0.15) is 10.4 Å². The smallest absolute Gasteiger partial charge is 0.552 e. The maximum Gasteiger partial charge on any atom is 0.552 e. The van der Waals surface area contributed by atoms with Crippen molar-refractivity contribution in [3.63, 3.8) is 0 Å². The van der Waals surface area contributed by atoms with E-state index < -0.39 is 5.97 Å². The van der Waals surface area contributed by atoms with Gasteiger partial charge in [-0.05, 0) is 24.3 Å². The van der Waals surface area contributed by atoms with Crippen LogP contribution >= 0.6 is 11.6 Å². The summed E-state index contributed by atoms with van der Waals surface area (Å²) < 4.78 is 0. The lowest BCUT2D eigenvalue weighted by Gasteiger charge is -2.23. The van der Waals surface area contributed by atoms with Gasteiger partial charge in [-0.3, -0.25) is 4.90 Å². The van der Waals surface area contributed by atoms with E-state index >= 15 is 0 Å². The van der Waals surface area contributed by atoms with Crippen LogP contribution in [0.4, 0.5) is 17.3 Å². The van der Waals surface area contributed by atoms with E-state index in [1.165, 1.54) is 12.4 Å². The van der Waals surface area contributed by atoms with Crippen molar-refractivity contribution < 1.29 is 9.90 Å². The Morgan fingerprint density at radius 2 is 1.57 bits per heavy atom. The lowest BCUT2D eigenvalue weighted by atomic mass is 10.2. The maximum absolute atomic E-state index is 11.1. The number of benzene rings is 2. The molecule has 0 aliphatic carbocycles. The normalized spacial score (nSPS) is 10.3. The molecule has 2 aromatic carbocycles. The van der Waals surface area contributed by atoms with Crippen molar-refractivity contribution >= 4 is 34.9 Å². The zero-order valence-electron chi connectivity index (χ0n) is 12.0. The van der Waals surface area contributed by atoms with Crippen LogP contribution in [0, 0.1) is 0 Å². The Morgan fingerprint density at radius 3 is 2.17 bits per heavy atom. The average molecular weight is 327 g/mol. The Balaban J connectivity index is 2.13. The van der Waals surface area contributed by atoms with Gasteiger partial charge in [-0.15, -0.1) is 0 Å². The predicted octanol–water partition coefficient (Wildman–Crippen LogP) is 3.46. The van der Waals surface area contributed by atoms with E-state index in [-0.39, 0.29) is 5.56 Å². The Labute approximate surface area is 137 Å². The number of rotatable bonds is 4. The minimum Gasteiger partial charge on any atom is -0.561 e. The summed E-state index contributed by atoms with van der Waals surface area (Å²) in [5.41, 5.74) is 1.71. The molecule has 114 valence electrons. The molecular formula is C17H13ClN3O2+. The largest absolute Gasteiger partial charge is 0.561 e. The van der Waals surface area contributed by atoms with Crippen molar-refractivity contribution in [2.45, 2.75) is 0 Å². The second-order valence-electron chi connectivity index (χ2n) is 4.72. The molecule has 0 amide bonds. The van der Waals surface area contributed by atoms with Gasteiger partial charge in [0.05, 0.1) is 23.1 Å². The summed E-state index contributed by atoms with van der Waals surface area (Å²) in [6.45, 7) is 0. The van der Waals surface area contributed by atoms with E-state index in [1.807, 2.05) is 48.5 Å². The third-order valence-corrected chi connectivity index (χ3v) is 3.53. The summed E-state index contributed by atoms with van der Waals surface area (Å²) in [5, 5.41) is 7.66. The molecule has 0 saturated carbocycles. The Hall–Kier alpha value is -2.92. The number of para-hydroxylation sites is 2. The van der Waals surface area contributed by atoms with Crippen LogP contribution < -0.4 is 4.90 Å². The highest BCUT2D eigenvalue weighted by molar-refractivity contribution is 6.33. The molecule has 5 nitrogen and oxygen atoms in total. The van der Waals surface area contributed by atoms with Gasteiger partial charge in [-0.2, -0.15) is 0 Å². The number of nitrogens with zero attached hydrogens (tertiary/aromatic N) is 3. The van der Waals surface area contributed by atoms with Crippen LogP contribution in [-0.4, -0.2) is 21.0 Å².